The van der Waals surface area contributed by atoms with Gasteiger partial charge in [-0.2, -0.15) is 18.3 Å². The van der Waals surface area contributed by atoms with E-state index in [-0.39, 0.29) is 29.9 Å². The highest BCUT2D eigenvalue weighted by molar-refractivity contribution is 5.95. The second-order valence-electron chi connectivity index (χ2n) is 7.91. The standard InChI is InChI=1S/C23H22F4N4O2/c1-15-20(12-29-31(15)21-8-7-17(11-28-21)23(25,26)27)22(32)30(14-19-6-3-9-33-19)13-16-4-2-5-18(24)10-16/h2,4-5,7-8,10-12,19H,3,6,9,13-14H2,1H3. The summed E-state index contributed by atoms with van der Waals surface area (Å²) >= 11 is 0. The third-order valence-electron chi connectivity index (χ3n) is 5.53. The first-order valence-electron chi connectivity index (χ1n) is 10.5. The molecule has 0 N–H and O–H groups in total. The molecule has 6 nitrogen and oxygen atoms in total. The van der Waals surface area contributed by atoms with E-state index in [4.69, 9.17) is 4.74 Å². The van der Waals surface area contributed by atoms with Crippen molar-refractivity contribution in [2.45, 2.75) is 38.6 Å². The number of rotatable bonds is 6. The van der Waals surface area contributed by atoms with E-state index >= 15 is 0 Å². The SMILES string of the molecule is Cc1c(C(=O)N(Cc2cccc(F)c2)CC2CCCO2)cnn1-c1ccc(C(F)(F)F)cn1. The molecule has 2 aromatic heterocycles. The molecule has 3 aromatic rings. The molecule has 174 valence electrons. The van der Waals surface area contributed by atoms with Gasteiger partial charge in [0.25, 0.3) is 5.91 Å². The maximum Gasteiger partial charge on any atom is 0.417 e. The number of nitrogens with zero attached hydrogens (tertiary/aromatic N) is 4. The van der Waals surface area contributed by atoms with E-state index in [1.807, 2.05) is 0 Å². The third-order valence-corrected chi connectivity index (χ3v) is 5.53. The lowest BCUT2D eigenvalue weighted by Crippen LogP contribution is -2.37. The maximum atomic E-state index is 13.7. The van der Waals surface area contributed by atoms with Crippen LogP contribution >= 0.6 is 0 Å². The molecule has 3 heterocycles. The molecule has 1 saturated heterocycles. The zero-order chi connectivity index (χ0) is 23.6. The van der Waals surface area contributed by atoms with Crippen molar-refractivity contribution >= 4 is 5.91 Å². The summed E-state index contributed by atoms with van der Waals surface area (Å²) in [5.41, 5.74) is 0.482. The van der Waals surface area contributed by atoms with E-state index in [1.54, 1.807) is 24.0 Å². The van der Waals surface area contributed by atoms with Crippen molar-refractivity contribution in [3.8, 4) is 5.82 Å². The van der Waals surface area contributed by atoms with Crippen LogP contribution < -0.4 is 0 Å². The minimum Gasteiger partial charge on any atom is -0.376 e. The molecule has 1 aliphatic rings. The van der Waals surface area contributed by atoms with Crippen LogP contribution in [0.15, 0.2) is 48.8 Å². The van der Waals surface area contributed by atoms with Gasteiger partial charge in [-0.1, -0.05) is 12.1 Å². The lowest BCUT2D eigenvalue weighted by Gasteiger charge is -2.25. The van der Waals surface area contributed by atoms with Crippen molar-refractivity contribution in [2.75, 3.05) is 13.2 Å². The molecular formula is C23H22F4N4O2. The number of aromatic nitrogens is 3. The van der Waals surface area contributed by atoms with E-state index < -0.39 is 17.6 Å². The fraction of sp³-hybridized carbons (Fsp3) is 0.348. The summed E-state index contributed by atoms with van der Waals surface area (Å²) in [7, 11) is 0. The monoisotopic (exact) mass is 462 g/mol. The molecule has 1 unspecified atom stereocenters. The van der Waals surface area contributed by atoms with E-state index in [0.29, 0.717) is 24.4 Å². The number of halogens is 4. The Morgan fingerprint density at radius 3 is 2.70 bits per heavy atom. The predicted molar refractivity (Wildman–Crippen MR) is 111 cm³/mol. The summed E-state index contributed by atoms with van der Waals surface area (Å²) in [6.45, 7) is 2.79. The molecule has 1 aliphatic heterocycles. The minimum atomic E-state index is -4.49. The highest BCUT2D eigenvalue weighted by atomic mass is 19.4. The van der Waals surface area contributed by atoms with Crippen LogP contribution in [-0.2, 0) is 17.5 Å². The third kappa shape index (κ3) is 5.22. The van der Waals surface area contributed by atoms with Crippen LogP contribution in [0.2, 0.25) is 0 Å². The minimum absolute atomic E-state index is 0.116. The Bertz CT molecular complexity index is 1120. The molecule has 33 heavy (non-hydrogen) atoms. The van der Waals surface area contributed by atoms with Gasteiger partial charge in [0.1, 0.15) is 5.82 Å². The number of hydrogen-bond donors (Lipinski definition) is 0. The van der Waals surface area contributed by atoms with Gasteiger partial charge in [0.15, 0.2) is 5.82 Å². The fourth-order valence-corrected chi connectivity index (χ4v) is 3.81. The summed E-state index contributed by atoms with van der Waals surface area (Å²) in [5.74, 6) is -0.560. The summed E-state index contributed by atoms with van der Waals surface area (Å²) < 4.78 is 59.2. The fourth-order valence-electron chi connectivity index (χ4n) is 3.81. The second-order valence-corrected chi connectivity index (χ2v) is 7.91. The van der Waals surface area contributed by atoms with Crippen molar-refractivity contribution in [2.24, 2.45) is 0 Å². The quantitative estimate of drug-likeness (QED) is 0.504. The first kappa shape index (κ1) is 22.9. The van der Waals surface area contributed by atoms with Crippen molar-refractivity contribution in [1.29, 1.82) is 0 Å². The van der Waals surface area contributed by atoms with Gasteiger partial charge in [0, 0.05) is 25.9 Å². The Labute approximate surface area is 187 Å². The average Bonchev–Trinajstić information content (AvgIpc) is 3.42. The summed E-state index contributed by atoms with van der Waals surface area (Å²) in [6.07, 6.45) is -0.791. The molecule has 10 heteroatoms. The number of pyridine rings is 1. The zero-order valence-electron chi connectivity index (χ0n) is 17.8. The molecule has 0 radical (unpaired) electrons. The number of alkyl halides is 3. The van der Waals surface area contributed by atoms with Crippen molar-refractivity contribution < 1.29 is 27.1 Å². The van der Waals surface area contributed by atoms with Crippen molar-refractivity contribution in [1.82, 2.24) is 19.7 Å². The highest BCUT2D eigenvalue weighted by Gasteiger charge is 2.31. The van der Waals surface area contributed by atoms with Gasteiger partial charge in [0.05, 0.1) is 29.1 Å². The molecule has 0 aliphatic carbocycles. The molecule has 4 rings (SSSR count). The van der Waals surface area contributed by atoms with Gasteiger partial charge in [-0.05, 0) is 49.6 Å². The largest absolute Gasteiger partial charge is 0.417 e. The Balaban J connectivity index is 1.60. The number of amides is 1. The molecule has 1 atom stereocenters. The molecule has 0 bridgehead atoms. The van der Waals surface area contributed by atoms with Crippen LogP contribution in [-0.4, -0.2) is 44.8 Å². The molecular weight excluding hydrogens is 440 g/mol. The predicted octanol–water partition coefficient (Wildman–Crippen LogP) is 4.56. The first-order chi connectivity index (χ1) is 15.7. The second kappa shape index (κ2) is 9.30. The van der Waals surface area contributed by atoms with Gasteiger partial charge >= 0.3 is 6.18 Å². The maximum absolute atomic E-state index is 13.7. The van der Waals surface area contributed by atoms with Crippen molar-refractivity contribution in [3.63, 3.8) is 0 Å². The van der Waals surface area contributed by atoms with Gasteiger partial charge in [-0.15, -0.1) is 0 Å². The topological polar surface area (TPSA) is 60.3 Å². The van der Waals surface area contributed by atoms with Crippen LogP contribution in [0.4, 0.5) is 17.6 Å². The Kier molecular flexibility index (Phi) is 6.46. The smallest absolute Gasteiger partial charge is 0.376 e. The molecule has 1 amide bonds. The van der Waals surface area contributed by atoms with E-state index in [2.05, 4.69) is 10.1 Å². The number of carbonyl (C=O) groups excluding carboxylic acids is 1. The number of ether oxygens (including phenoxy) is 1. The summed E-state index contributed by atoms with van der Waals surface area (Å²) in [4.78, 5) is 18.9. The van der Waals surface area contributed by atoms with Crippen LogP contribution in [0.3, 0.4) is 0 Å². The lowest BCUT2D eigenvalue weighted by molar-refractivity contribution is -0.137. The highest BCUT2D eigenvalue weighted by Crippen LogP contribution is 2.29. The molecule has 0 saturated carbocycles. The van der Waals surface area contributed by atoms with Gasteiger partial charge in [-0.3, -0.25) is 4.79 Å². The van der Waals surface area contributed by atoms with Crippen LogP contribution in [0.25, 0.3) is 5.82 Å². The normalized spacial score (nSPS) is 16.2. The summed E-state index contributed by atoms with van der Waals surface area (Å²) in [5, 5.41) is 4.17. The number of benzene rings is 1. The van der Waals surface area contributed by atoms with Gasteiger partial charge in [-0.25, -0.2) is 14.1 Å². The lowest BCUT2D eigenvalue weighted by atomic mass is 10.1. The molecule has 1 fully saturated rings. The van der Waals surface area contributed by atoms with Crippen LogP contribution in [0.1, 0.15) is 40.0 Å². The Hall–Kier alpha value is -3.27. The Morgan fingerprint density at radius 1 is 1.24 bits per heavy atom. The molecule has 1 aromatic carbocycles. The van der Waals surface area contributed by atoms with Crippen molar-refractivity contribution in [3.05, 3.63) is 77.0 Å². The average molecular weight is 462 g/mol. The van der Waals surface area contributed by atoms with Gasteiger partial charge in [0.2, 0.25) is 0 Å². The Morgan fingerprint density at radius 2 is 2.06 bits per heavy atom. The molecule has 0 spiro atoms. The van der Waals surface area contributed by atoms with E-state index in [9.17, 15) is 22.4 Å². The number of carbonyl (C=O) groups is 1. The summed E-state index contributed by atoms with van der Waals surface area (Å²) in [6, 6.07) is 8.14. The van der Waals surface area contributed by atoms with Crippen LogP contribution in [0, 0.1) is 12.7 Å². The van der Waals surface area contributed by atoms with Crippen LogP contribution in [0.5, 0.6) is 0 Å². The van der Waals surface area contributed by atoms with E-state index in [1.165, 1.54) is 29.1 Å². The van der Waals surface area contributed by atoms with E-state index in [0.717, 1.165) is 25.1 Å². The first-order valence-corrected chi connectivity index (χ1v) is 10.5. The zero-order valence-corrected chi connectivity index (χ0v) is 17.8. The van der Waals surface area contributed by atoms with Gasteiger partial charge < -0.3 is 9.64 Å². The number of hydrogen-bond acceptors (Lipinski definition) is 4.